The molecule has 0 aliphatic rings. The zero-order valence-corrected chi connectivity index (χ0v) is 9.16. The van der Waals surface area contributed by atoms with Crippen LogP contribution >= 0.6 is 0 Å². The number of para-hydroxylation sites is 1. The fourth-order valence-electron chi connectivity index (χ4n) is 1.56. The highest BCUT2D eigenvalue weighted by Crippen LogP contribution is 2.20. The molecule has 1 aromatic carbocycles. The molecule has 0 heterocycles. The second-order valence-electron chi connectivity index (χ2n) is 3.88. The quantitative estimate of drug-likeness (QED) is 0.780. The maximum Gasteiger partial charge on any atom is 0.329 e. The van der Waals surface area contributed by atoms with E-state index in [9.17, 15) is 4.79 Å². The van der Waals surface area contributed by atoms with Gasteiger partial charge in [0, 0.05) is 5.69 Å². The van der Waals surface area contributed by atoms with Gasteiger partial charge >= 0.3 is 5.97 Å². The van der Waals surface area contributed by atoms with Gasteiger partial charge in [-0.1, -0.05) is 31.5 Å². The fraction of sp³-hybridized carbons (Fsp3) is 0.417. The van der Waals surface area contributed by atoms with Crippen LogP contribution in [0.4, 0.5) is 5.69 Å². The first-order chi connectivity index (χ1) is 7.08. The standard InChI is InChI=1S/C12H17NO2/c1-3-9-12(2,11(14)15)13-10-7-5-4-6-8-10/h4-8,13H,3,9H2,1-2H3,(H,14,15). The highest BCUT2D eigenvalue weighted by molar-refractivity contribution is 5.82. The van der Waals surface area contributed by atoms with Gasteiger partial charge < -0.3 is 10.4 Å². The lowest BCUT2D eigenvalue weighted by molar-refractivity contribution is -0.141. The number of rotatable bonds is 5. The smallest absolute Gasteiger partial charge is 0.329 e. The number of carboxylic acid groups (broad SMARTS) is 1. The van der Waals surface area contributed by atoms with Crippen LogP contribution in [0.1, 0.15) is 26.7 Å². The van der Waals surface area contributed by atoms with Crippen molar-refractivity contribution in [1.82, 2.24) is 0 Å². The molecule has 0 aromatic heterocycles. The van der Waals surface area contributed by atoms with Gasteiger partial charge in [-0.15, -0.1) is 0 Å². The lowest BCUT2D eigenvalue weighted by Crippen LogP contribution is -2.43. The summed E-state index contributed by atoms with van der Waals surface area (Å²) in [5, 5.41) is 12.2. The van der Waals surface area contributed by atoms with Crippen LogP contribution < -0.4 is 5.32 Å². The number of anilines is 1. The van der Waals surface area contributed by atoms with Gasteiger partial charge in [-0.05, 0) is 25.5 Å². The third-order valence-electron chi connectivity index (χ3n) is 2.42. The molecule has 2 N–H and O–H groups in total. The van der Waals surface area contributed by atoms with Gasteiger partial charge in [-0.3, -0.25) is 0 Å². The van der Waals surface area contributed by atoms with E-state index in [2.05, 4.69) is 5.32 Å². The second kappa shape index (κ2) is 4.82. The summed E-state index contributed by atoms with van der Waals surface area (Å²) in [6.07, 6.45) is 1.44. The maximum absolute atomic E-state index is 11.2. The molecule has 1 atom stereocenters. The van der Waals surface area contributed by atoms with Gasteiger partial charge in [-0.25, -0.2) is 4.79 Å². The molecule has 0 aliphatic carbocycles. The molecule has 82 valence electrons. The Hall–Kier alpha value is -1.51. The zero-order chi connectivity index (χ0) is 11.3. The minimum Gasteiger partial charge on any atom is -0.480 e. The van der Waals surface area contributed by atoms with Crippen LogP contribution in [-0.4, -0.2) is 16.6 Å². The normalized spacial score (nSPS) is 14.3. The lowest BCUT2D eigenvalue weighted by Gasteiger charge is -2.26. The largest absolute Gasteiger partial charge is 0.480 e. The second-order valence-corrected chi connectivity index (χ2v) is 3.88. The first-order valence-electron chi connectivity index (χ1n) is 5.15. The van der Waals surface area contributed by atoms with Crippen molar-refractivity contribution in [2.24, 2.45) is 0 Å². The van der Waals surface area contributed by atoms with E-state index >= 15 is 0 Å². The van der Waals surface area contributed by atoms with Crippen molar-refractivity contribution < 1.29 is 9.90 Å². The third kappa shape index (κ3) is 2.98. The predicted octanol–water partition coefficient (Wildman–Crippen LogP) is 2.74. The maximum atomic E-state index is 11.2. The Morgan fingerprint density at radius 1 is 1.40 bits per heavy atom. The van der Waals surface area contributed by atoms with E-state index in [4.69, 9.17) is 5.11 Å². The van der Waals surface area contributed by atoms with Crippen molar-refractivity contribution in [3.05, 3.63) is 30.3 Å². The van der Waals surface area contributed by atoms with Gasteiger partial charge in [0.1, 0.15) is 5.54 Å². The van der Waals surface area contributed by atoms with E-state index < -0.39 is 11.5 Å². The highest BCUT2D eigenvalue weighted by atomic mass is 16.4. The first kappa shape index (κ1) is 11.6. The van der Waals surface area contributed by atoms with Crippen molar-refractivity contribution in [3.8, 4) is 0 Å². The van der Waals surface area contributed by atoms with E-state index in [1.807, 2.05) is 37.3 Å². The van der Waals surface area contributed by atoms with Crippen molar-refractivity contribution in [2.75, 3.05) is 5.32 Å². The number of nitrogens with one attached hydrogen (secondary N) is 1. The summed E-state index contributed by atoms with van der Waals surface area (Å²) in [5.41, 5.74) is -0.0355. The summed E-state index contributed by atoms with van der Waals surface area (Å²) >= 11 is 0. The van der Waals surface area contributed by atoms with Gasteiger partial charge in [0.15, 0.2) is 0 Å². The molecule has 0 aliphatic heterocycles. The molecule has 0 saturated carbocycles. The van der Waals surface area contributed by atoms with E-state index in [0.29, 0.717) is 6.42 Å². The summed E-state index contributed by atoms with van der Waals surface area (Å²) in [7, 11) is 0. The number of aliphatic carboxylic acids is 1. The van der Waals surface area contributed by atoms with Crippen molar-refractivity contribution in [2.45, 2.75) is 32.2 Å². The van der Waals surface area contributed by atoms with Gasteiger partial charge in [-0.2, -0.15) is 0 Å². The molecular weight excluding hydrogens is 190 g/mol. The van der Waals surface area contributed by atoms with Crippen LogP contribution in [0.2, 0.25) is 0 Å². The minimum absolute atomic E-state index is 0.608. The summed E-state index contributed by atoms with van der Waals surface area (Å²) in [5.74, 6) is -0.812. The van der Waals surface area contributed by atoms with Crippen LogP contribution in [0.15, 0.2) is 30.3 Å². The van der Waals surface area contributed by atoms with Crippen molar-refractivity contribution >= 4 is 11.7 Å². The first-order valence-corrected chi connectivity index (χ1v) is 5.15. The molecule has 1 rings (SSSR count). The van der Waals surface area contributed by atoms with Crippen molar-refractivity contribution in [1.29, 1.82) is 0 Å². The number of hydrogen-bond acceptors (Lipinski definition) is 2. The Morgan fingerprint density at radius 2 is 2.00 bits per heavy atom. The number of hydrogen-bond donors (Lipinski definition) is 2. The van der Waals surface area contributed by atoms with E-state index in [-0.39, 0.29) is 0 Å². The Morgan fingerprint density at radius 3 is 2.47 bits per heavy atom. The molecule has 15 heavy (non-hydrogen) atoms. The molecule has 0 bridgehead atoms. The average molecular weight is 207 g/mol. The number of carboxylic acids is 1. The fourth-order valence-corrected chi connectivity index (χ4v) is 1.56. The van der Waals surface area contributed by atoms with Crippen LogP contribution in [-0.2, 0) is 4.79 Å². The molecule has 0 amide bonds. The molecule has 0 spiro atoms. The molecule has 0 radical (unpaired) electrons. The molecule has 3 nitrogen and oxygen atoms in total. The molecule has 3 heteroatoms. The van der Waals surface area contributed by atoms with Crippen LogP contribution in [0.25, 0.3) is 0 Å². The Balaban J connectivity index is 2.80. The summed E-state index contributed by atoms with van der Waals surface area (Å²) in [6.45, 7) is 3.69. The summed E-state index contributed by atoms with van der Waals surface area (Å²) < 4.78 is 0. The molecular formula is C12H17NO2. The Bertz CT molecular complexity index is 324. The minimum atomic E-state index is -0.879. The molecule has 0 saturated heterocycles. The van der Waals surface area contributed by atoms with Crippen molar-refractivity contribution in [3.63, 3.8) is 0 Å². The van der Waals surface area contributed by atoms with Crippen LogP contribution in [0, 0.1) is 0 Å². The molecule has 1 aromatic rings. The van der Waals surface area contributed by atoms with E-state index in [0.717, 1.165) is 12.1 Å². The van der Waals surface area contributed by atoms with Gasteiger partial charge in [0.2, 0.25) is 0 Å². The van der Waals surface area contributed by atoms with E-state index in [1.165, 1.54) is 0 Å². The molecule has 0 fully saturated rings. The molecule has 1 unspecified atom stereocenters. The van der Waals surface area contributed by atoms with Crippen LogP contribution in [0.3, 0.4) is 0 Å². The number of benzene rings is 1. The average Bonchev–Trinajstić information content (AvgIpc) is 2.19. The van der Waals surface area contributed by atoms with Gasteiger partial charge in [0.25, 0.3) is 0 Å². The van der Waals surface area contributed by atoms with Crippen LogP contribution in [0.5, 0.6) is 0 Å². The predicted molar refractivity (Wildman–Crippen MR) is 61.0 cm³/mol. The number of carbonyl (C=O) groups is 1. The Labute approximate surface area is 90.1 Å². The summed E-state index contributed by atoms with van der Waals surface area (Å²) in [6, 6.07) is 9.42. The Kier molecular flexibility index (Phi) is 3.72. The topological polar surface area (TPSA) is 49.3 Å². The third-order valence-corrected chi connectivity index (χ3v) is 2.42. The SMILES string of the molecule is CCCC(C)(Nc1ccccc1)C(=O)O. The van der Waals surface area contributed by atoms with Gasteiger partial charge in [0.05, 0.1) is 0 Å². The lowest BCUT2D eigenvalue weighted by atomic mass is 9.96. The zero-order valence-electron chi connectivity index (χ0n) is 9.16. The highest BCUT2D eigenvalue weighted by Gasteiger charge is 2.31. The van der Waals surface area contributed by atoms with E-state index in [1.54, 1.807) is 6.92 Å². The monoisotopic (exact) mass is 207 g/mol. The summed E-state index contributed by atoms with van der Waals surface area (Å²) in [4.78, 5) is 11.2.